The van der Waals surface area contributed by atoms with Crippen molar-refractivity contribution in [1.82, 2.24) is 0 Å². The first-order valence-corrected chi connectivity index (χ1v) is 12.8. The van der Waals surface area contributed by atoms with Crippen LogP contribution in [0.25, 0.3) is 21.9 Å². The van der Waals surface area contributed by atoms with Gasteiger partial charge >= 0.3 is 0 Å². The van der Waals surface area contributed by atoms with Gasteiger partial charge in [0.1, 0.15) is 4.70 Å². The smallest absolute Gasteiger partial charge is 0.263 e. The number of fused-ring (bicyclic) bond motifs is 1. The van der Waals surface area contributed by atoms with Crippen LogP contribution in [0.4, 0.5) is 5.69 Å². The molecule has 0 aliphatic carbocycles. The highest BCUT2D eigenvalue weighted by Crippen LogP contribution is 2.40. The second-order valence-electron chi connectivity index (χ2n) is 9.37. The largest absolute Gasteiger partial charge is 0.340 e. The second-order valence-corrected chi connectivity index (χ2v) is 10.4. The number of allylic oxidation sites excluding steroid dienone is 3. The molecule has 0 saturated carbocycles. The Balaban J connectivity index is 1.50. The quantitative estimate of drug-likeness (QED) is 0.298. The molecule has 164 valence electrons. The van der Waals surface area contributed by atoms with Gasteiger partial charge in [0.05, 0.1) is 0 Å². The molecule has 1 aromatic heterocycles. The molecule has 3 aromatic carbocycles. The highest BCUT2D eigenvalue weighted by molar-refractivity contribution is 7.19. The Hall–Kier alpha value is -3.17. The van der Waals surface area contributed by atoms with E-state index in [0.29, 0.717) is 5.92 Å². The molecule has 2 nitrogen and oxygen atoms in total. The predicted molar refractivity (Wildman–Crippen MR) is 140 cm³/mol. The first-order valence-electron chi connectivity index (χ1n) is 12.0. The summed E-state index contributed by atoms with van der Waals surface area (Å²) in [6.45, 7) is 6.61. The average molecular weight is 450 g/mol. The summed E-state index contributed by atoms with van der Waals surface area (Å²) in [5.74, 6) is 0.436. The Morgan fingerprint density at radius 2 is 1.79 bits per heavy atom. The number of nitrogens with zero attached hydrogens (tertiary/aromatic N) is 2. The van der Waals surface area contributed by atoms with E-state index in [-0.39, 0.29) is 0 Å². The van der Waals surface area contributed by atoms with Crippen LogP contribution in [0.15, 0.2) is 84.6 Å². The molecule has 0 N–H and O–H groups in total. The maximum absolute atomic E-state index is 2.55. The van der Waals surface area contributed by atoms with Crippen LogP contribution in [0.5, 0.6) is 0 Å². The van der Waals surface area contributed by atoms with E-state index in [4.69, 9.17) is 0 Å². The fraction of sp³-hybridized carbons (Fsp3) is 0.233. The number of anilines is 1. The standard InChI is InChI=1S/C30H29N2S/c1-21(2)27-18-24(19-29-31-17-9-13-23-12-8-16-28(33-29)30(23)31)25-14-6-7-15-26(25)32(27)20-22-10-4-3-5-11-22/h3-8,10-12,14-16,18-19,21H,9,13,17,20H2,1-2H3/q+1. The van der Waals surface area contributed by atoms with Crippen molar-refractivity contribution >= 4 is 38.9 Å². The molecular weight excluding hydrogens is 420 g/mol. The number of thiazole rings is 1. The topological polar surface area (TPSA) is 7.12 Å². The summed E-state index contributed by atoms with van der Waals surface area (Å²) in [5, 5.41) is 1.36. The molecule has 2 aliphatic rings. The lowest BCUT2D eigenvalue weighted by Crippen LogP contribution is -2.38. The molecule has 6 rings (SSSR count). The van der Waals surface area contributed by atoms with Crippen LogP contribution < -0.4 is 9.47 Å². The average Bonchev–Trinajstić information content (AvgIpc) is 3.20. The van der Waals surface area contributed by atoms with Crippen LogP contribution in [0, 0.1) is 5.92 Å². The van der Waals surface area contributed by atoms with Gasteiger partial charge in [0.25, 0.3) is 5.01 Å². The van der Waals surface area contributed by atoms with Crippen molar-refractivity contribution in [1.29, 1.82) is 0 Å². The van der Waals surface area contributed by atoms with E-state index < -0.39 is 0 Å². The lowest BCUT2D eigenvalue weighted by molar-refractivity contribution is -0.671. The maximum Gasteiger partial charge on any atom is 0.263 e. The van der Waals surface area contributed by atoms with Crippen LogP contribution in [0.3, 0.4) is 0 Å². The molecule has 2 aliphatic heterocycles. The Morgan fingerprint density at radius 1 is 0.970 bits per heavy atom. The molecule has 0 amide bonds. The van der Waals surface area contributed by atoms with E-state index in [1.54, 1.807) is 0 Å². The first-order chi connectivity index (χ1) is 16.2. The minimum atomic E-state index is 0.436. The first kappa shape index (κ1) is 20.4. The van der Waals surface area contributed by atoms with Crippen LogP contribution in [-0.2, 0) is 19.5 Å². The van der Waals surface area contributed by atoms with Crippen molar-refractivity contribution in [3.63, 3.8) is 0 Å². The summed E-state index contributed by atoms with van der Waals surface area (Å²) >= 11 is 1.93. The molecule has 0 spiro atoms. The van der Waals surface area contributed by atoms with Crippen molar-refractivity contribution in [3.8, 4) is 0 Å². The summed E-state index contributed by atoms with van der Waals surface area (Å²) in [5.41, 5.74) is 9.60. The summed E-state index contributed by atoms with van der Waals surface area (Å²) < 4.78 is 3.95. The van der Waals surface area contributed by atoms with Crippen molar-refractivity contribution in [2.45, 2.75) is 39.8 Å². The van der Waals surface area contributed by atoms with E-state index >= 15 is 0 Å². The molecule has 4 aromatic rings. The zero-order chi connectivity index (χ0) is 22.4. The minimum absolute atomic E-state index is 0.436. The molecular formula is C30H29N2S+. The summed E-state index contributed by atoms with van der Waals surface area (Å²) in [6, 6.07) is 26.5. The maximum atomic E-state index is 2.55. The number of aromatic nitrogens is 1. The van der Waals surface area contributed by atoms with E-state index in [2.05, 4.69) is 108 Å². The van der Waals surface area contributed by atoms with Crippen molar-refractivity contribution in [3.05, 3.63) is 106 Å². The summed E-state index contributed by atoms with van der Waals surface area (Å²) in [6.07, 6.45) is 7.27. The molecule has 0 unspecified atom stereocenters. The molecule has 0 radical (unpaired) electrons. The highest BCUT2D eigenvalue weighted by Gasteiger charge is 2.28. The molecule has 33 heavy (non-hydrogen) atoms. The second kappa shape index (κ2) is 8.31. The van der Waals surface area contributed by atoms with Gasteiger partial charge in [-0.1, -0.05) is 85.8 Å². The van der Waals surface area contributed by atoms with Crippen LogP contribution in [-0.4, -0.2) is 0 Å². The van der Waals surface area contributed by atoms with E-state index in [1.807, 2.05) is 11.3 Å². The third-order valence-corrected chi connectivity index (χ3v) is 7.93. The predicted octanol–water partition coefficient (Wildman–Crippen LogP) is 7.24. The molecule has 3 heterocycles. The number of hydrogen-bond acceptors (Lipinski definition) is 2. The molecule has 0 fully saturated rings. The van der Waals surface area contributed by atoms with Crippen molar-refractivity contribution < 1.29 is 4.57 Å². The van der Waals surface area contributed by atoms with E-state index in [9.17, 15) is 0 Å². The Labute approximate surface area is 200 Å². The van der Waals surface area contributed by atoms with E-state index in [0.717, 1.165) is 13.1 Å². The number of para-hydroxylation sites is 2. The lowest BCUT2D eigenvalue weighted by atomic mass is 9.92. The Kier molecular flexibility index (Phi) is 5.15. The van der Waals surface area contributed by atoms with Crippen LogP contribution >= 0.6 is 11.3 Å². The zero-order valence-electron chi connectivity index (χ0n) is 19.3. The molecule has 0 bridgehead atoms. The Bertz CT molecular complexity index is 1390. The Morgan fingerprint density at radius 3 is 2.64 bits per heavy atom. The third-order valence-electron chi connectivity index (χ3n) is 6.84. The molecule has 0 atom stereocenters. The minimum Gasteiger partial charge on any atom is -0.340 e. The SMILES string of the molecule is CC(C)C1=C/C(=C\c2sc3cccc4c3[n+]2CCC4)c2ccccc2N1Cc1ccccc1. The number of rotatable bonds is 4. The van der Waals surface area contributed by atoms with Gasteiger partial charge in [-0.05, 0) is 41.7 Å². The third kappa shape index (κ3) is 3.61. The zero-order valence-corrected chi connectivity index (χ0v) is 20.1. The normalized spacial score (nSPS) is 16.4. The van der Waals surface area contributed by atoms with Gasteiger partial charge in [0.2, 0.25) is 5.52 Å². The van der Waals surface area contributed by atoms with Gasteiger partial charge in [0, 0.05) is 41.6 Å². The van der Waals surface area contributed by atoms with Crippen LogP contribution in [0.1, 0.15) is 42.0 Å². The van der Waals surface area contributed by atoms with E-state index in [1.165, 1.54) is 61.7 Å². The van der Waals surface area contributed by atoms with Gasteiger partial charge < -0.3 is 4.90 Å². The monoisotopic (exact) mass is 449 g/mol. The van der Waals surface area contributed by atoms with Gasteiger partial charge in [0.15, 0.2) is 6.54 Å². The van der Waals surface area contributed by atoms with Gasteiger partial charge in [-0.2, -0.15) is 4.57 Å². The fourth-order valence-corrected chi connectivity index (χ4v) is 6.46. The highest BCUT2D eigenvalue weighted by atomic mass is 32.1. The van der Waals surface area contributed by atoms with Gasteiger partial charge in [-0.3, -0.25) is 0 Å². The fourth-order valence-electron chi connectivity index (χ4n) is 5.27. The number of benzene rings is 3. The summed E-state index contributed by atoms with van der Waals surface area (Å²) in [7, 11) is 0. The van der Waals surface area contributed by atoms with Crippen molar-refractivity contribution in [2.75, 3.05) is 4.90 Å². The summed E-state index contributed by atoms with van der Waals surface area (Å²) in [4.78, 5) is 2.51. The molecule has 0 saturated heterocycles. The van der Waals surface area contributed by atoms with Crippen molar-refractivity contribution in [2.24, 2.45) is 5.92 Å². The van der Waals surface area contributed by atoms with Crippen LogP contribution in [0.2, 0.25) is 0 Å². The number of hydrogen-bond donors (Lipinski definition) is 0. The molecule has 3 heteroatoms. The van der Waals surface area contributed by atoms with Gasteiger partial charge in [-0.25, -0.2) is 0 Å². The van der Waals surface area contributed by atoms with Gasteiger partial charge in [-0.15, -0.1) is 0 Å². The number of aryl methyl sites for hydroxylation is 2. The lowest BCUT2D eigenvalue weighted by Gasteiger charge is -2.35.